The van der Waals surface area contributed by atoms with Crippen LogP contribution in [0.1, 0.15) is 22.4 Å². The molecule has 0 aliphatic heterocycles. The Hall–Kier alpha value is -7.09. The van der Waals surface area contributed by atoms with Crippen molar-refractivity contribution >= 4 is 40.1 Å². The molecular weight excluding hydrogens is 720 g/mol. The number of aromatic nitrogens is 2. The highest BCUT2D eigenvalue weighted by Crippen LogP contribution is 2.42. The van der Waals surface area contributed by atoms with E-state index in [4.69, 9.17) is 25.8 Å². The number of carboxylic acid groups (broad SMARTS) is 1. The van der Waals surface area contributed by atoms with Crippen molar-refractivity contribution in [3.8, 4) is 45.3 Å². The molecule has 0 saturated carbocycles. The molecule has 0 aliphatic carbocycles. The van der Waals surface area contributed by atoms with E-state index in [1.165, 1.54) is 0 Å². The van der Waals surface area contributed by atoms with E-state index in [-0.39, 0.29) is 18.8 Å². The molecule has 0 saturated heterocycles. The largest absolute Gasteiger partial charge is 0.485 e. The van der Waals surface area contributed by atoms with Gasteiger partial charge in [0, 0.05) is 28.9 Å². The number of fused-ring (bicyclic) bond motifs is 1. The lowest BCUT2D eigenvalue weighted by molar-refractivity contribution is -0.130. The molecule has 274 valence electrons. The van der Waals surface area contributed by atoms with Gasteiger partial charge in [-0.05, 0) is 87.5 Å². The van der Waals surface area contributed by atoms with Gasteiger partial charge in [-0.15, -0.1) is 0 Å². The summed E-state index contributed by atoms with van der Waals surface area (Å²) in [5.74, 6) is 0.833. The molecule has 0 unspecified atom stereocenters. The minimum atomic E-state index is -1.10. The van der Waals surface area contributed by atoms with E-state index in [2.05, 4.69) is 82.8 Å². The molecule has 7 nitrogen and oxygen atoms in total. The summed E-state index contributed by atoms with van der Waals surface area (Å²) in [6.45, 7) is 0.563. The Morgan fingerprint density at radius 2 is 1.16 bits per heavy atom. The number of ether oxygens (including phenoxy) is 3. The summed E-state index contributed by atoms with van der Waals surface area (Å²) in [6, 6.07) is 51.0. The van der Waals surface area contributed by atoms with Crippen LogP contribution in [0.15, 0.2) is 170 Å². The summed E-state index contributed by atoms with van der Waals surface area (Å²) in [6.07, 6.45) is 4.67. The molecule has 8 rings (SSSR count). The number of hydrogen-bond acceptors (Lipinski definition) is 5. The van der Waals surface area contributed by atoms with E-state index in [1.54, 1.807) is 54.9 Å². The van der Waals surface area contributed by atoms with E-state index in [1.807, 2.05) is 48.5 Å². The van der Waals surface area contributed by atoms with Crippen molar-refractivity contribution in [2.24, 2.45) is 0 Å². The van der Waals surface area contributed by atoms with E-state index in [9.17, 15) is 9.90 Å². The molecule has 0 atom stereocenters. The lowest BCUT2D eigenvalue weighted by Crippen LogP contribution is -2.01. The fourth-order valence-electron chi connectivity index (χ4n) is 6.37. The molecule has 0 spiro atoms. The van der Waals surface area contributed by atoms with Crippen molar-refractivity contribution in [3.05, 3.63) is 198 Å². The van der Waals surface area contributed by atoms with Gasteiger partial charge < -0.3 is 24.3 Å². The average Bonchev–Trinajstić information content (AvgIpc) is 3.57. The topological polar surface area (TPSA) is 93.7 Å². The third kappa shape index (κ3) is 8.34. The van der Waals surface area contributed by atoms with Gasteiger partial charge in [0.15, 0.2) is 17.2 Å². The Bertz CT molecular complexity index is 2610. The molecule has 0 bridgehead atoms. The van der Waals surface area contributed by atoms with Crippen molar-refractivity contribution in [1.29, 1.82) is 0 Å². The molecule has 6 aromatic carbocycles. The SMILES string of the molecule is O=C(O)/C(=C/c1[nH]c2cc(OCc3ccc(-c4ccccc4)cc3)c(OCc3ccc(-c4ccccc4)cc3)cc2c1Oc1ccc(Cl)cc1)c1ccncc1. The van der Waals surface area contributed by atoms with Gasteiger partial charge in [0.25, 0.3) is 0 Å². The van der Waals surface area contributed by atoms with Crippen LogP contribution in [0, 0.1) is 0 Å². The molecule has 8 aromatic rings. The summed E-state index contributed by atoms with van der Waals surface area (Å²) in [4.78, 5) is 20.0. The third-order valence-corrected chi connectivity index (χ3v) is 9.55. The summed E-state index contributed by atoms with van der Waals surface area (Å²) in [7, 11) is 0. The predicted molar refractivity (Wildman–Crippen MR) is 222 cm³/mol. The van der Waals surface area contributed by atoms with E-state index < -0.39 is 5.97 Å². The number of aromatic amines is 1. The first-order chi connectivity index (χ1) is 27.5. The zero-order chi connectivity index (χ0) is 38.3. The van der Waals surface area contributed by atoms with E-state index >= 15 is 0 Å². The second-order valence-corrected chi connectivity index (χ2v) is 13.5. The van der Waals surface area contributed by atoms with Crippen LogP contribution in [-0.2, 0) is 18.0 Å². The van der Waals surface area contributed by atoms with Crippen LogP contribution in [0.25, 0.3) is 44.8 Å². The monoisotopic (exact) mass is 754 g/mol. The smallest absolute Gasteiger partial charge is 0.336 e. The summed E-state index contributed by atoms with van der Waals surface area (Å²) >= 11 is 6.19. The lowest BCUT2D eigenvalue weighted by atomic mass is 10.0. The normalized spacial score (nSPS) is 11.3. The molecule has 2 N–H and O–H groups in total. The Kier molecular flexibility index (Phi) is 10.6. The first-order valence-electron chi connectivity index (χ1n) is 18.0. The highest BCUT2D eigenvalue weighted by molar-refractivity contribution is 6.30. The minimum Gasteiger partial charge on any atom is -0.485 e. The Labute approximate surface area is 329 Å². The van der Waals surface area contributed by atoms with Crippen molar-refractivity contribution in [2.45, 2.75) is 13.2 Å². The van der Waals surface area contributed by atoms with Gasteiger partial charge in [-0.3, -0.25) is 4.98 Å². The van der Waals surface area contributed by atoms with Crippen LogP contribution < -0.4 is 14.2 Å². The van der Waals surface area contributed by atoms with Gasteiger partial charge >= 0.3 is 5.97 Å². The highest BCUT2D eigenvalue weighted by Gasteiger charge is 2.20. The summed E-state index contributed by atoms with van der Waals surface area (Å²) < 4.78 is 19.5. The third-order valence-electron chi connectivity index (χ3n) is 9.30. The first kappa shape index (κ1) is 35.9. The quantitative estimate of drug-likeness (QED) is 0.114. The van der Waals surface area contributed by atoms with Crippen LogP contribution >= 0.6 is 11.6 Å². The van der Waals surface area contributed by atoms with Crippen LogP contribution in [0.4, 0.5) is 0 Å². The van der Waals surface area contributed by atoms with Gasteiger partial charge in [-0.2, -0.15) is 0 Å². The lowest BCUT2D eigenvalue weighted by Gasteiger charge is -2.15. The van der Waals surface area contributed by atoms with Gasteiger partial charge in [0.2, 0.25) is 0 Å². The maximum Gasteiger partial charge on any atom is 0.336 e. The van der Waals surface area contributed by atoms with Crippen LogP contribution in [0.5, 0.6) is 23.0 Å². The number of rotatable bonds is 13. The van der Waals surface area contributed by atoms with Gasteiger partial charge in [-0.1, -0.05) is 121 Å². The van der Waals surface area contributed by atoms with Crippen LogP contribution in [0.2, 0.25) is 5.02 Å². The molecule has 0 aliphatic rings. The highest BCUT2D eigenvalue weighted by atomic mass is 35.5. The van der Waals surface area contributed by atoms with Crippen molar-refractivity contribution in [3.63, 3.8) is 0 Å². The maximum atomic E-state index is 12.6. The number of nitrogens with zero attached hydrogens (tertiary/aromatic N) is 1. The molecule has 0 radical (unpaired) electrons. The number of hydrogen-bond donors (Lipinski definition) is 2. The zero-order valence-corrected chi connectivity index (χ0v) is 30.8. The number of nitrogens with one attached hydrogen (secondary N) is 1. The number of carboxylic acids is 1. The molecular formula is C48H35ClN2O5. The fraction of sp³-hybridized carbons (Fsp3) is 0.0417. The summed E-state index contributed by atoms with van der Waals surface area (Å²) in [5.41, 5.74) is 8.13. The predicted octanol–water partition coefficient (Wildman–Crippen LogP) is 12.1. The number of aliphatic carboxylic acids is 1. The second-order valence-electron chi connectivity index (χ2n) is 13.1. The molecule has 2 aromatic heterocycles. The van der Waals surface area contributed by atoms with Crippen molar-refractivity contribution in [1.82, 2.24) is 9.97 Å². The van der Waals surface area contributed by atoms with Crippen LogP contribution in [0.3, 0.4) is 0 Å². The fourth-order valence-corrected chi connectivity index (χ4v) is 6.50. The Morgan fingerprint density at radius 3 is 1.70 bits per heavy atom. The van der Waals surface area contributed by atoms with Gasteiger partial charge in [0.1, 0.15) is 19.0 Å². The van der Waals surface area contributed by atoms with Gasteiger partial charge in [-0.25, -0.2) is 4.79 Å². The van der Waals surface area contributed by atoms with Crippen molar-refractivity contribution < 1.29 is 24.1 Å². The number of benzene rings is 6. The first-order valence-corrected chi connectivity index (χ1v) is 18.4. The number of carbonyl (C=O) groups is 1. The number of H-pyrrole nitrogens is 1. The van der Waals surface area contributed by atoms with Gasteiger partial charge in [0.05, 0.1) is 16.8 Å². The molecule has 8 heteroatoms. The van der Waals surface area contributed by atoms with Crippen LogP contribution in [-0.4, -0.2) is 21.0 Å². The molecule has 0 fully saturated rings. The summed E-state index contributed by atoms with van der Waals surface area (Å²) in [5, 5.41) is 11.5. The standard InChI is InChI=1S/C48H35ClN2O5/c49-39-19-21-40(22-20-39)56-47-42-28-45(54-30-32-11-15-36(16-12-32)34-7-3-1-4-8-34)46(55-31-33-13-17-37(18-14-33)35-9-5-2-6-10-35)29-43(42)51-44(47)27-41(48(52)53)38-23-25-50-26-24-38/h1-29,51H,30-31H2,(H,52,53)/b41-27+. The number of pyridine rings is 1. The maximum absolute atomic E-state index is 12.6. The number of halogens is 1. The Balaban J connectivity index is 1.17. The molecule has 0 amide bonds. The molecule has 2 heterocycles. The zero-order valence-electron chi connectivity index (χ0n) is 30.1. The average molecular weight is 755 g/mol. The second kappa shape index (κ2) is 16.5. The van der Waals surface area contributed by atoms with E-state index in [0.717, 1.165) is 33.4 Å². The minimum absolute atomic E-state index is 0.0609. The van der Waals surface area contributed by atoms with Crippen molar-refractivity contribution in [2.75, 3.05) is 0 Å². The Morgan fingerprint density at radius 1 is 0.643 bits per heavy atom. The van der Waals surface area contributed by atoms with E-state index in [0.29, 0.717) is 50.2 Å². The molecule has 56 heavy (non-hydrogen) atoms.